The van der Waals surface area contributed by atoms with E-state index in [4.69, 9.17) is 4.74 Å². The molecule has 1 atom stereocenters. The van der Waals surface area contributed by atoms with Gasteiger partial charge in [-0.25, -0.2) is 4.79 Å². The van der Waals surface area contributed by atoms with Crippen LogP contribution in [-0.4, -0.2) is 40.7 Å². The molecule has 0 saturated carbocycles. The van der Waals surface area contributed by atoms with Crippen molar-refractivity contribution in [1.82, 2.24) is 15.2 Å². The molecule has 2 rings (SSSR count). The number of H-pyrrole nitrogens is 1. The molecular weight excluding hydrogens is 266 g/mol. The Kier molecular flexibility index (Phi) is 5.28. The van der Waals surface area contributed by atoms with E-state index < -0.39 is 5.60 Å². The van der Waals surface area contributed by atoms with Gasteiger partial charge in [0.15, 0.2) is 0 Å². The molecule has 118 valence electrons. The first-order chi connectivity index (χ1) is 9.96. The fraction of sp³-hybridized carbons (Fsp3) is 0.688. The number of aromatic amines is 1. The Balaban J connectivity index is 1.72. The first-order valence-electron chi connectivity index (χ1n) is 7.78. The minimum atomic E-state index is -0.420. The Hall–Kier alpha value is -1.49. The van der Waals surface area contributed by atoms with Crippen LogP contribution in [0, 0.1) is 0 Å². The van der Waals surface area contributed by atoms with Gasteiger partial charge in [-0.05, 0) is 58.2 Å². The Labute approximate surface area is 127 Å². The number of nitrogens with zero attached hydrogens (tertiary/aromatic N) is 1. The van der Waals surface area contributed by atoms with Crippen LogP contribution in [0.25, 0.3) is 0 Å². The third-order valence-electron chi connectivity index (χ3n) is 3.65. The number of aromatic nitrogens is 1. The number of rotatable bonds is 5. The van der Waals surface area contributed by atoms with E-state index in [9.17, 15) is 4.79 Å². The van der Waals surface area contributed by atoms with E-state index in [2.05, 4.69) is 16.4 Å². The highest BCUT2D eigenvalue weighted by Gasteiger charge is 2.31. The van der Waals surface area contributed by atoms with E-state index in [1.54, 1.807) is 0 Å². The molecule has 1 amide bonds. The Morgan fingerprint density at radius 2 is 2.33 bits per heavy atom. The van der Waals surface area contributed by atoms with Crippen LogP contribution >= 0.6 is 0 Å². The molecule has 2 heterocycles. The molecule has 0 bridgehead atoms. The summed E-state index contributed by atoms with van der Waals surface area (Å²) in [6.45, 7) is 8.33. The molecule has 1 aromatic heterocycles. The summed E-state index contributed by atoms with van der Waals surface area (Å²) in [5.74, 6) is 0. The summed E-state index contributed by atoms with van der Waals surface area (Å²) in [6.07, 6.45) is 6.88. The van der Waals surface area contributed by atoms with Crippen LogP contribution in [0.2, 0.25) is 0 Å². The van der Waals surface area contributed by atoms with Gasteiger partial charge in [0.2, 0.25) is 0 Å². The van der Waals surface area contributed by atoms with E-state index in [0.29, 0.717) is 6.04 Å². The first-order valence-corrected chi connectivity index (χ1v) is 7.78. The van der Waals surface area contributed by atoms with Crippen molar-refractivity contribution >= 4 is 6.09 Å². The van der Waals surface area contributed by atoms with Crippen molar-refractivity contribution in [3.8, 4) is 0 Å². The number of likely N-dealkylation sites (tertiary alicyclic amines) is 1. The first kappa shape index (κ1) is 15.9. The monoisotopic (exact) mass is 293 g/mol. The summed E-state index contributed by atoms with van der Waals surface area (Å²) in [5, 5.41) is 3.42. The standard InChI is InChI=1S/C16H27N3O2/c1-16(2,3)21-15(20)19-10-4-5-14(19)7-9-18-12-13-6-8-17-11-13/h6,8,11,14,17-18H,4-5,7,9-10,12H2,1-3H3. The second-order valence-electron chi connectivity index (χ2n) is 6.65. The van der Waals surface area contributed by atoms with Crippen LogP contribution in [0.15, 0.2) is 18.5 Å². The molecule has 21 heavy (non-hydrogen) atoms. The lowest BCUT2D eigenvalue weighted by Crippen LogP contribution is -2.40. The molecule has 0 radical (unpaired) electrons. The fourth-order valence-electron chi connectivity index (χ4n) is 2.67. The van der Waals surface area contributed by atoms with Gasteiger partial charge in [-0.3, -0.25) is 0 Å². The second-order valence-corrected chi connectivity index (χ2v) is 6.65. The molecule has 0 spiro atoms. The second kappa shape index (κ2) is 6.98. The average Bonchev–Trinajstić information content (AvgIpc) is 3.04. The van der Waals surface area contributed by atoms with Crippen LogP contribution in [-0.2, 0) is 11.3 Å². The normalized spacial score (nSPS) is 19.0. The molecule has 1 aliphatic rings. The maximum atomic E-state index is 12.2. The van der Waals surface area contributed by atoms with Crippen molar-refractivity contribution in [2.24, 2.45) is 0 Å². The average molecular weight is 293 g/mol. The number of nitrogens with one attached hydrogen (secondary N) is 2. The van der Waals surface area contributed by atoms with Gasteiger partial charge in [0.25, 0.3) is 0 Å². The zero-order valence-electron chi connectivity index (χ0n) is 13.3. The predicted molar refractivity (Wildman–Crippen MR) is 83.1 cm³/mol. The van der Waals surface area contributed by atoms with Gasteiger partial charge in [0.1, 0.15) is 5.60 Å². The third-order valence-corrected chi connectivity index (χ3v) is 3.65. The number of ether oxygens (including phenoxy) is 1. The zero-order valence-corrected chi connectivity index (χ0v) is 13.3. The van der Waals surface area contributed by atoms with E-state index in [1.165, 1.54) is 5.56 Å². The Morgan fingerprint density at radius 1 is 1.52 bits per heavy atom. The van der Waals surface area contributed by atoms with E-state index >= 15 is 0 Å². The number of carbonyl (C=O) groups is 1. The number of hydrogen-bond acceptors (Lipinski definition) is 3. The van der Waals surface area contributed by atoms with E-state index in [1.807, 2.05) is 38.1 Å². The lowest BCUT2D eigenvalue weighted by molar-refractivity contribution is 0.0221. The maximum Gasteiger partial charge on any atom is 0.410 e. The number of hydrogen-bond donors (Lipinski definition) is 2. The third kappa shape index (κ3) is 5.08. The largest absolute Gasteiger partial charge is 0.444 e. The summed E-state index contributed by atoms with van der Waals surface area (Å²) in [5.41, 5.74) is 0.835. The van der Waals surface area contributed by atoms with Gasteiger partial charge in [-0.15, -0.1) is 0 Å². The molecular formula is C16H27N3O2. The predicted octanol–water partition coefficient (Wildman–Crippen LogP) is 2.89. The summed E-state index contributed by atoms with van der Waals surface area (Å²) in [7, 11) is 0. The SMILES string of the molecule is CC(C)(C)OC(=O)N1CCCC1CCNCc1cc[nH]c1. The maximum absolute atomic E-state index is 12.2. The van der Waals surface area contributed by atoms with Crippen LogP contribution < -0.4 is 5.32 Å². The van der Waals surface area contributed by atoms with Crippen molar-refractivity contribution in [1.29, 1.82) is 0 Å². The quantitative estimate of drug-likeness (QED) is 0.821. The summed E-state index contributed by atoms with van der Waals surface area (Å²) < 4.78 is 5.48. The molecule has 2 N–H and O–H groups in total. The highest BCUT2D eigenvalue weighted by Crippen LogP contribution is 2.22. The van der Waals surface area contributed by atoms with Crippen molar-refractivity contribution in [3.63, 3.8) is 0 Å². The lowest BCUT2D eigenvalue weighted by atomic mass is 10.1. The van der Waals surface area contributed by atoms with Crippen molar-refractivity contribution in [2.45, 2.75) is 58.2 Å². The zero-order chi connectivity index (χ0) is 15.3. The van der Waals surface area contributed by atoms with Crippen molar-refractivity contribution < 1.29 is 9.53 Å². The molecule has 1 fully saturated rings. The van der Waals surface area contributed by atoms with Gasteiger partial charge in [0.05, 0.1) is 0 Å². The van der Waals surface area contributed by atoms with Crippen LogP contribution in [0.3, 0.4) is 0 Å². The molecule has 1 saturated heterocycles. The summed E-state index contributed by atoms with van der Waals surface area (Å²) in [4.78, 5) is 17.1. The Bertz CT molecular complexity index is 437. The van der Waals surface area contributed by atoms with E-state index in [-0.39, 0.29) is 6.09 Å². The highest BCUT2D eigenvalue weighted by molar-refractivity contribution is 5.68. The molecule has 1 aromatic rings. The van der Waals surface area contributed by atoms with Crippen LogP contribution in [0.1, 0.15) is 45.6 Å². The minimum Gasteiger partial charge on any atom is -0.444 e. The molecule has 5 nitrogen and oxygen atoms in total. The van der Waals surface area contributed by atoms with Crippen molar-refractivity contribution in [3.05, 3.63) is 24.0 Å². The molecule has 0 aliphatic carbocycles. The summed E-state index contributed by atoms with van der Waals surface area (Å²) >= 11 is 0. The summed E-state index contributed by atoms with van der Waals surface area (Å²) in [6, 6.07) is 2.37. The van der Waals surface area contributed by atoms with Gasteiger partial charge in [0, 0.05) is 31.5 Å². The van der Waals surface area contributed by atoms with Crippen LogP contribution in [0.4, 0.5) is 4.79 Å². The minimum absolute atomic E-state index is 0.171. The number of carbonyl (C=O) groups excluding carboxylic acids is 1. The molecule has 5 heteroatoms. The lowest BCUT2D eigenvalue weighted by Gasteiger charge is -2.28. The van der Waals surface area contributed by atoms with Gasteiger partial charge in [-0.1, -0.05) is 0 Å². The number of amides is 1. The highest BCUT2D eigenvalue weighted by atomic mass is 16.6. The Morgan fingerprint density at radius 3 is 3.00 bits per heavy atom. The topological polar surface area (TPSA) is 57.4 Å². The fourth-order valence-corrected chi connectivity index (χ4v) is 2.67. The smallest absolute Gasteiger partial charge is 0.410 e. The van der Waals surface area contributed by atoms with Gasteiger partial charge < -0.3 is 19.9 Å². The molecule has 0 aromatic carbocycles. The van der Waals surface area contributed by atoms with Crippen molar-refractivity contribution in [2.75, 3.05) is 13.1 Å². The van der Waals surface area contributed by atoms with Gasteiger partial charge >= 0.3 is 6.09 Å². The van der Waals surface area contributed by atoms with Gasteiger partial charge in [-0.2, -0.15) is 0 Å². The van der Waals surface area contributed by atoms with E-state index in [0.717, 1.165) is 38.9 Å². The molecule has 1 unspecified atom stereocenters. The molecule has 1 aliphatic heterocycles. The van der Waals surface area contributed by atoms with Crippen LogP contribution in [0.5, 0.6) is 0 Å².